The first kappa shape index (κ1) is 9.71. The highest BCUT2D eigenvalue weighted by molar-refractivity contribution is 5.83. The van der Waals surface area contributed by atoms with Crippen LogP contribution in [-0.2, 0) is 11.3 Å². The smallest absolute Gasteiger partial charge is 0.323 e. The highest BCUT2D eigenvalue weighted by Gasteiger charge is 2.08. The van der Waals surface area contributed by atoms with Crippen molar-refractivity contribution in [1.82, 2.24) is 4.57 Å². The number of rotatable bonds is 2. The minimum atomic E-state index is -0.931. The quantitative estimate of drug-likeness (QED) is 0.820. The fourth-order valence-corrected chi connectivity index (χ4v) is 1.71. The van der Waals surface area contributed by atoms with Crippen LogP contribution in [0.5, 0.6) is 0 Å². The van der Waals surface area contributed by atoms with E-state index in [2.05, 4.69) is 0 Å². The Kier molecular flexibility index (Phi) is 2.19. The van der Waals surface area contributed by atoms with Crippen molar-refractivity contribution in [2.45, 2.75) is 13.5 Å². The maximum atomic E-state index is 13.0. The molecule has 0 amide bonds. The van der Waals surface area contributed by atoms with E-state index in [1.165, 1.54) is 12.1 Å². The number of nitrogens with zero attached hydrogens (tertiary/aromatic N) is 1. The van der Waals surface area contributed by atoms with Gasteiger partial charge in [0.15, 0.2) is 0 Å². The van der Waals surface area contributed by atoms with E-state index >= 15 is 0 Å². The summed E-state index contributed by atoms with van der Waals surface area (Å²) in [6, 6.07) is 6.21. The Balaban J connectivity index is 2.65. The fraction of sp³-hybridized carbons (Fsp3) is 0.182. The van der Waals surface area contributed by atoms with E-state index < -0.39 is 5.97 Å². The third-order valence-corrected chi connectivity index (χ3v) is 2.37. The first-order valence-electron chi connectivity index (χ1n) is 4.55. The van der Waals surface area contributed by atoms with Crippen LogP contribution in [0.1, 0.15) is 5.69 Å². The Morgan fingerprint density at radius 3 is 2.87 bits per heavy atom. The highest BCUT2D eigenvalue weighted by atomic mass is 19.1. The zero-order valence-corrected chi connectivity index (χ0v) is 8.20. The van der Waals surface area contributed by atoms with Crippen LogP contribution in [0, 0.1) is 12.7 Å². The highest BCUT2D eigenvalue weighted by Crippen LogP contribution is 2.20. The molecule has 3 nitrogen and oxygen atoms in total. The Morgan fingerprint density at radius 1 is 1.47 bits per heavy atom. The largest absolute Gasteiger partial charge is 0.480 e. The molecule has 0 radical (unpaired) electrons. The molecule has 1 N–H and O–H groups in total. The van der Waals surface area contributed by atoms with Crippen LogP contribution >= 0.6 is 0 Å². The molecule has 0 saturated heterocycles. The van der Waals surface area contributed by atoms with Gasteiger partial charge in [-0.2, -0.15) is 0 Å². The summed E-state index contributed by atoms with van der Waals surface area (Å²) in [6.45, 7) is 1.67. The van der Waals surface area contributed by atoms with Crippen LogP contribution in [0.15, 0.2) is 24.3 Å². The molecule has 1 heterocycles. The summed E-state index contributed by atoms with van der Waals surface area (Å²) in [5.41, 5.74) is 1.44. The number of carboxylic acids is 1. The summed E-state index contributed by atoms with van der Waals surface area (Å²) in [5.74, 6) is -1.29. The van der Waals surface area contributed by atoms with Gasteiger partial charge in [-0.05, 0) is 31.2 Å². The lowest BCUT2D eigenvalue weighted by Gasteiger charge is -2.03. The summed E-state index contributed by atoms with van der Waals surface area (Å²) in [6.07, 6.45) is 0. The number of aryl methyl sites for hydroxylation is 1. The van der Waals surface area contributed by atoms with Crippen LogP contribution in [0.25, 0.3) is 10.9 Å². The fourth-order valence-electron chi connectivity index (χ4n) is 1.71. The topological polar surface area (TPSA) is 42.2 Å². The van der Waals surface area contributed by atoms with Crippen molar-refractivity contribution in [3.05, 3.63) is 35.8 Å². The van der Waals surface area contributed by atoms with E-state index in [-0.39, 0.29) is 12.4 Å². The van der Waals surface area contributed by atoms with Gasteiger partial charge in [-0.25, -0.2) is 4.39 Å². The lowest BCUT2D eigenvalue weighted by atomic mass is 10.2. The molecule has 0 spiro atoms. The second kappa shape index (κ2) is 3.38. The molecule has 2 aromatic rings. The first-order chi connectivity index (χ1) is 7.08. The van der Waals surface area contributed by atoms with Crippen LogP contribution in [-0.4, -0.2) is 15.6 Å². The van der Waals surface area contributed by atoms with Crippen LogP contribution in [0.2, 0.25) is 0 Å². The molecule has 0 aliphatic carbocycles. The van der Waals surface area contributed by atoms with Crippen molar-refractivity contribution in [1.29, 1.82) is 0 Å². The second-order valence-electron chi connectivity index (χ2n) is 3.47. The Labute approximate surface area is 85.7 Å². The molecule has 0 aliphatic rings. The maximum Gasteiger partial charge on any atom is 0.323 e. The molecular formula is C11H10FNO2. The van der Waals surface area contributed by atoms with Crippen molar-refractivity contribution < 1.29 is 14.3 Å². The monoisotopic (exact) mass is 207 g/mol. The predicted octanol–water partition coefficient (Wildman–Crippen LogP) is 2.17. The molecule has 0 aliphatic heterocycles. The third kappa shape index (κ3) is 1.70. The molecule has 0 bridgehead atoms. The normalized spacial score (nSPS) is 10.8. The molecule has 0 atom stereocenters. The van der Waals surface area contributed by atoms with Gasteiger partial charge in [-0.15, -0.1) is 0 Å². The molecule has 2 rings (SSSR count). The summed E-state index contributed by atoms with van der Waals surface area (Å²) in [4.78, 5) is 10.6. The predicted molar refractivity (Wildman–Crippen MR) is 54.3 cm³/mol. The minimum Gasteiger partial charge on any atom is -0.480 e. The van der Waals surface area contributed by atoms with Gasteiger partial charge in [0.05, 0.1) is 5.52 Å². The molecular weight excluding hydrogens is 197 g/mol. The number of carboxylic acid groups (broad SMARTS) is 1. The van der Waals surface area contributed by atoms with E-state index in [4.69, 9.17) is 5.11 Å². The van der Waals surface area contributed by atoms with Crippen molar-refractivity contribution >= 4 is 16.9 Å². The number of halogens is 1. The number of hydrogen-bond acceptors (Lipinski definition) is 1. The molecule has 0 saturated carbocycles. The van der Waals surface area contributed by atoms with Crippen LogP contribution in [0.3, 0.4) is 0 Å². The van der Waals surface area contributed by atoms with Gasteiger partial charge in [0.2, 0.25) is 0 Å². The molecule has 0 unspecified atom stereocenters. The Bertz CT molecular complexity index is 531. The minimum absolute atomic E-state index is 0.140. The van der Waals surface area contributed by atoms with E-state index in [0.29, 0.717) is 5.52 Å². The number of hydrogen-bond donors (Lipinski definition) is 1. The van der Waals surface area contributed by atoms with Gasteiger partial charge in [-0.1, -0.05) is 0 Å². The Morgan fingerprint density at radius 2 is 2.20 bits per heavy atom. The number of aliphatic carboxylic acids is 1. The SMILES string of the molecule is Cc1cc2ccc(F)cc2n1CC(=O)O. The maximum absolute atomic E-state index is 13.0. The van der Waals surface area contributed by atoms with E-state index in [1.54, 1.807) is 17.6 Å². The molecule has 0 fully saturated rings. The lowest BCUT2D eigenvalue weighted by Crippen LogP contribution is -2.09. The average molecular weight is 207 g/mol. The summed E-state index contributed by atoms with van der Waals surface area (Å²) < 4.78 is 14.6. The van der Waals surface area contributed by atoms with Gasteiger partial charge in [0.25, 0.3) is 0 Å². The average Bonchev–Trinajstić information content (AvgIpc) is 2.43. The zero-order chi connectivity index (χ0) is 11.0. The summed E-state index contributed by atoms with van der Waals surface area (Å²) in [7, 11) is 0. The standard InChI is InChI=1S/C11H10FNO2/c1-7-4-8-2-3-9(12)5-10(8)13(7)6-11(14)15/h2-5H,6H2,1H3,(H,14,15). The number of carbonyl (C=O) groups is 1. The molecule has 1 aromatic heterocycles. The van der Waals surface area contributed by atoms with E-state index in [1.807, 2.05) is 6.07 Å². The summed E-state index contributed by atoms with van der Waals surface area (Å²) in [5, 5.41) is 9.58. The number of aromatic nitrogens is 1. The van der Waals surface area contributed by atoms with Crippen molar-refractivity contribution in [2.75, 3.05) is 0 Å². The van der Waals surface area contributed by atoms with Gasteiger partial charge in [0, 0.05) is 11.1 Å². The van der Waals surface area contributed by atoms with Crippen molar-refractivity contribution in [3.63, 3.8) is 0 Å². The lowest BCUT2D eigenvalue weighted by molar-refractivity contribution is -0.137. The molecule has 15 heavy (non-hydrogen) atoms. The third-order valence-electron chi connectivity index (χ3n) is 2.37. The Hall–Kier alpha value is -1.84. The van der Waals surface area contributed by atoms with E-state index in [9.17, 15) is 9.18 Å². The van der Waals surface area contributed by atoms with Gasteiger partial charge >= 0.3 is 5.97 Å². The van der Waals surface area contributed by atoms with E-state index in [0.717, 1.165) is 11.1 Å². The number of fused-ring (bicyclic) bond motifs is 1. The van der Waals surface area contributed by atoms with Gasteiger partial charge < -0.3 is 9.67 Å². The summed E-state index contributed by atoms with van der Waals surface area (Å²) >= 11 is 0. The molecule has 4 heteroatoms. The number of benzene rings is 1. The van der Waals surface area contributed by atoms with Crippen molar-refractivity contribution in [3.8, 4) is 0 Å². The molecule has 78 valence electrons. The van der Waals surface area contributed by atoms with Gasteiger partial charge in [0.1, 0.15) is 12.4 Å². The second-order valence-corrected chi connectivity index (χ2v) is 3.47. The molecule has 1 aromatic carbocycles. The van der Waals surface area contributed by atoms with Gasteiger partial charge in [-0.3, -0.25) is 4.79 Å². The van der Waals surface area contributed by atoms with Crippen LogP contribution < -0.4 is 0 Å². The first-order valence-corrected chi connectivity index (χ1v) is 4.55. The van der Waals surface area contributed by atoms with Crippen molar-refractivity contribution in [2.24, 2.45) is 0 Å². The zero-order valence-electron chi connectivity index (χ0n) is 8.20. The van der Waals surface area contributed by atoms with Crippen LogP contribution in [0.4, 0.5) is 4.39 Å².